The molecule has 0 aliphatic carbocycles. The molecule has 0 radical (unpaired) electrons. The van der Waals surface area contributed by atoms with Crippen LogP contribution in [-0.4, -0.2) is 0 Å². The fourth-order valence-corrected chi connectivity index (χ4v) is 2.20. The zero-order valence-electron chi connectivity index (χ0n) is 9.95. The second-order valence-corrected chi connectivity index (χ2v) is 5.02. The third-order valence-corrected chi connectivity index (χ3v) is 3.87. The van der Waals surface area contributed by atoms with Crippen LogP contribution in [0.25, 0.3) is 0 Å². The second-order valence-electron chi connectivity index (χ2n) is 3.86. The lowest BCUT2D eigenvalue weighted by Gasteiger charge is -2.17. The van der Waals surface area contributed by atoms with Gasteiger partial charge in [-0.1, -0.05) is 71.7 Å². The number of hydrogen-bond acceptors (Lipinski definition) is 1. The van der Waals surface area contributed by atoms with Gasteiger partial charge in [-0.3, -0.25) is 0 Å². The van der Waals surface area contributed by atoms with Gasteiger partial charge < -0.3 is 4.74 Å². The van der Waals surface area contributed by atoms with E-state index in [0.29, 0.717) is 15.8 Å². The molecule has 0 N–H and O–H groups in total. The summed E-state index contributed by atoms with van der Waals surface area (Å²) in [5, 5.41) is 0.988. The second kappa shape index (κ2) is 6.33. The molecule has 1 nitrogen and oxygen atoms in total. The highest BCUT2D eigenvalue weighted by Crippen LogP contribution is 2.38. The molecule has 19 heavy (non-hydrogen) atoms. The van der Waals surface area contributed by atoms with E-state index in [2.05, 4.69) is 6.58 Å². The van der Waals surface area contributed by atoms with Crippen LogP contribution in [-0.2, 0) is 0 Å². The third kappa shape index (κ3) is 3.24. The van der Waals surface area contributed by atoms with Gasteiger partial charge in [0.05, 0.1) is 10.0 Å². The first kappa shape index (κ1) is 14.3. The van der Waals surface area contributed by atoms with Crippen LogP contribution < -0.4 is 4.74 Å². The topological polar surface area (TPSA) is 9.23 Å². The maximum absolute atomic E-state index is 6.11. The van der Waals surface area contributed by atoms with Gasteiger partial charge in [0, 0.05) is 0 Å². The van der Waals surface area contributed by atoms with Crippen LogP contribution in [0.5, 0.6) is 5.75 Å². The Morgan fingerprint density at radius 1 is 0.947 bits per heavy atom. The summed E-state index contributed by atoms with van der Waals surface area (Å²) in [6.45, 7) is 3.78. The first-order valence-electron chi connectivity index (χ1n) is 5.61. The van der Waals surface area contributed by atoms with Crippen LogP contribution in [0.1, 0.15) is 11.7 Å². The van der Waals surface area contributed by atoms with Crippen molar-refractivity contribution in [3.05, 3.63) is 75.8 Å². The Hall–Kier alpha value is -1.15. The first-order valence-corrected chi connectivity index (χ1v) is 6.74. The molecule has 0 fully saturated rings. The lowest BCUT2D eigenvalue weighted by Crippen LogP contribution is -2.04. The van der Waals surface area contributed by atoms with Gasteiger partial charge in [0.1, 0.15) is 16.9 Å². The largest absolute Gasteiger partial charge is 0.480 e. The molecule has 2 aromatic carbocycles. The van der Waals surface area contributed by atoms with E-state index in [9.17, 15) is 0 Å². The molecule has 0 saturated heterocycles. The van der Waals surface area contributed by atoms with Crippen molar-refractivity contribution in [2.45, 2.75) is 6.10 Å². The highest BCUT2D eigenvalue weighted by atomic mass is 35.5. The van der Waals surface area contributed by atoms with Crippen molar-refractivity contribution in [2.24, 2.45) is 0 Å². The number of benzene rings is 2. The summed E-state index contributed by atoms with van der Waals surface area (Å²) in [5.41, 5.74) is 0.986. The molecule has 4 heteroatoms. The van der Waals surface area contributed by atoms with E-state index in [4.69, 9.17) is 39.5 Å². The van der Waals surface area contributed by atoms with E-state index in [0.717, 1.165) is 5.56 Å². The van der Waals surface area contributed by atoms with Crippen LogP contribution in [0.2, 0.25) is 15.1 Å². The number of hydrogen-bond donors (Lipinski definition) is 0. The smallest absolute Gasteiger partial charge is 0.142 e. The monoisotopic (exact) mass is 312 g/mol. The van der Waals surface area contributed by atoms with Crippen molar-refractivity contribution in [1.82, 2.24) is 0 Å². The summed E-state index contributed by atoms with van der Waals surface area (Å²) in [5.74, 6) is 0.477. The number of halogens is 3. The Balaban J connectivity index is 2.29. The number of ether oxygens (including phenoxy) is 1. The zero-order valence-corrected chi connectivity index (χ0v) is 12.2. The van der Waals surface area contributed by atoms with E-state index in [1.165, 1.54) is 0 Å². The van der Waals surface area contributed by atoms with Crippen molar-refractivity contribution in [3.8, 4) is 5.75 Å². The molecule has 0 spiro atoms. The highest BCUT2D eigenvalue weighted by Gasteiger charge is 2.14. The zero-order chi connectivity index (χ0) is 13.8. The normalized spacial score (nSPS) is 11.9. The molecular weight excluding hydrogens is 303 g/mol. The summed E-state index contributed by atoms with van der Waals surface area (Å²) in [6, 6.07) is 13.1. The predicted molar refractivity (Wildman–Crippen MR) is 81.5 cm³/mol. The average Bonchev–Trinajstić information content (AvgIpc) is 2.45. The van der Waals surface area contributed by atoms with Crippen molar-refractivity contribution in [3.63, 3.8) is 0 Å². The molecule has 2 aromatic rings. The Morgan fingerprint density at radius 3 is 2.26 bits per heavy atom. The fraction of sp³-hybridized carbons (Fsp3) is 0.0667. The molecular formula is C15H11Cl3O. The summed E-state index contributed by atoms with van der Waals surface area (Å²) < 4.78 is 5.82. The minimum Gasteiger partial charge on any atom is -0.480 e. The van der Waals surface area contributed by atoms with E-state index in [-0.39, 0.29) is 11.1 Å². The summed E-state index contributed by atoms with van der Waals surface area (Å²) >= 11 is 18.0. The van der Waals surface area contributed by atoms with Gasteiger partial charge in [-0.25, -0.2) is 0 Å². The molecule has 1 atom stereocenters. The van der Waals surface area contributed by atoms with E-state index >= 15 is 0 Å². The molecule has 0 heterocycles. The lowest BCUT2D eigenvalue weighted by molar-refractivity contribution is 0.256. The minimum absolute atomic E-state index is 0.289. The van der Waals surface area contributed by atoms with Crippen LogP contribution in [0.3, 0.4) is 0 Å². The van der Waals surface area contributed by atoms with Crippen molar-refractivity contribution >= 4 is 34.8 Å². The third-order valence-electron chi connectivity index (χ3n) is 2.60. The maximum Gasteiger partial charge on any atom is 0.142 e. The van der Waals surface area contributed by atoms with Crippen molar-refractivity contribution in [1.29, 1.82) is 0 Å². The molecule has 0 bridgehead atoms. The first-order chi connectivity index (χ1) is 9.13. The maximum atomic E-state index is 6.11. The van der Waals surface area contributed by atoms with Crippen LogP contribution >= 0.6 is 34.8 Å². The van der Waals surface area contributed by atoms with Gasteiger partial charge >= 0.3 is 0 Å². The van der Waals surface area contributed by atoms with Crippen LogP contribution in [0, 0.1) is 0 Å². The molecule has 98 valence electrons. The Morgan fingerprint density at radius 2 is 1.63 bits per heavy atom. The standard InChI is InChI=1S/C15H11Cl3O/c1-2-12(10-6-4-3-5-7-10)19-13-9-8-11(16)14(17)15(13)18/h2-9,12H,1H2. The van der Waals surface area contributed by atoms with Crippen molar-refractivity contribution < 1.29 is 4.74 Å². The van der Waals surface area contributed by atoms with Gasteiger partial charge in [0.2, 0.25) is 0 Å². The van der Waals surface area contributed by atoms with Gasteiger partial charge in [-0.05, 0) is 23.8 Å². The van der Waals surface area contributed by atoms with E-state index < -0.39 is 0 Å². The van der Waals surface area contributed by atoms with Crippen LogP contribution in [0.15, 0.2) is 55.1 Å². The molecule has 0 saturated carbocycles. The SMILES string of the molecule is C=CC(Oc1ccc(Cl)c(Cl)c1Cl)c1ccccc1. The van der Waals surface area contributed by atoms with E-state index in [1.54, 1.807) is 18.2 Å². The highest BCUT2D eigenvalue weighted by molar-refractivity contribution is 6.48. The molecule has 0 amide bonds. The summed E-state index contributed by atoms with van der Waals surface area (Å²) in [6.07, 6.45) is 1.41. The Kier molecular flexibility index (Phi) is 4.76. The summed E-state index contributed by atoms with van der Waals surface area (Å²) in [7, 11) is 0. The predicted octanol–water partition coefficient (Wildman–Crippen LogP) is 5.95. The molecule has 0 aliphatic rings. The summed E-state index contributed by atoms with van der Waals surface area (Å²) in [4.78, 5) is 0. The average molecular weight is 314 g/mol. The molecule has 2 rings (SSSR count). The number of rotatable bonds is 4. The van der Waals surface area contributed by atoms with Gasteiger partial charge in [0.15, 0.2) is 0 Å². The fourth-order valence-electron chi connectivity index (χ4n) is 1.63. The van der Waals surface area contributed by atoms with Crippen molar-refractivity contribution in [2.75, 3.05) is 0 Å². The Bertz CT molecular complexity index is 581. The quantitative estimate of drug-likeness (QED) is 0.500. The van der Waals surface area contributed by atoms with Gasteiger partial charge in [-0.15, -0.1) is 0 Å². The molecule has 0 aromatic heterocycles. The van der Waals surface area contributed by atoms with E-state index in [1.807, 2.05) is 30.3 Å². The minimum atomic E-state index is -0.295. The van der Waals surface area contributed by atoms with Gasteiger partial charge in [-0.2, -0.15) is 0 Å². The van der Waals surface area contributed by atoms with Gasteiger partial charge in [0.25, 0.3) is 0 Å². The Labute approximate surface area is 127 Å². The molecule has 1 unspecified atom stereocenters. The van der Waals surface area contributed by atoms with Crippen LogP contribution in [0.4, 0.5) is 0 Å². The lowest BCUT2D eigenvalue weighted by atomic mass is 10.1. The molecule has 0 aliphatic heterocycles.